The minimum absolute atomic E-state index is 0.223. The highest BCUT2D eigenvalue weighted by atomic mass is 16.4. The lowest BCUT2D eigenvalue weighted by atomic mass is 9.97. The first-order valence-electron chi connectivity index (χ1n) is 12.5. The van der Waals surface area contributed by atoms with Crippen LogP contribution in [0.5, 0.6) is 0 Å². The maximum atomic E-state index is 11.5. The zero-order valence-corrected chi connectivity index (χ0v) is 20.6. The number of carbonyl (C=O) groups is 1. The van der Waals surface area contributed by atoms with E-state index in [1.54, 1.807) is 24.3 Å². The molecule has 5 heterocycles. The maximum absolute atomic E-state index is 11.5. The van der Waals surface area contributed by atoms with Gasteiger partial charge in [0.15, 0.2) is 0 Å². The fourth-order valence-corrected chi connectivity index (χ4v) is 4.93. The number of hydrogen-bond acceptors (Lipinski definition) is 5. The summed E-state index contributed by atoms with van der Waals surface area (Å²) >= 11 is 0. The van der Waals surface area contributed by atoms with E-state index in [4.69, 9.17) is 20.0 Å². The Hall–Kier alpha value is -5.49. The molecular formula is C33H20N4O2. The van der Waals surface area contributed by atoms with E-state index >= 15 is 0 Å². The molecular weight excluding hydrogens is 484 g/mol. The van der Waals surface area contributed by atoms with Crippen LogP contribution in [0.2, 0.25) is 0 Å². The number of aliphatic imine (C=N–C) groups is 4. The van der Waals surface area contributed by atoms with E-state index in [0.717, 1.165) is 67.9 Å². The van der Waals surface area contributed by atoms with Crippen molar-refractivity contribution in [1.29, 1.82) is 0 Å². The summed E-state index contributed by atoms with van der Waals surface area (Å²) in [6.45, 7) is 0. The average molecular weight is 505 g/mol. The van der Waals surface area contributed by atoms with Crippen molar-refractivity contribution in [2.45, 2.75) is 0 Å². The van der Waals surface area contributed by atoms with Crippen molar-refractivity contribution >= 4 is 40.0 Å². The predicted molar refractivity (Wildman–Crippen MR) is 156 cm³/mol. The molecule has 0 saturated carbocycles. The Kier molecular flexibility index (Phi) is 5.30. The molecule has 39 heavy (non-hydrogen) atoms. The lowest BCUT2D eigenvalue weighted by molar-refractivity contribution is 0.0697. The van der Waals surface area contributed by atoms with Gasteiger partial charge in [-0.25, -0.2) is 24.8 Å². The van der Waals surface area contributed by atoms with Crippen molar-refractivity contribution in [3.8, 4) is 0 Å². The highest BCUT2D eigenvalue weighted by Gasteiger charge is 2.23. The number of allylic oxidation sites excluding steroid dienone is 12. The van der Waals surface area contributed by atoms with Gasteiger partial charge in [-0.1, -0.05) is 42.5 Å². The predicted octanol–water partition coefficient (Wildman–Crippen LogP) is 6.33. The van der Waals surface area contributed by atoms with E-state index in [0.29, 0.717) is 0 Å². The summed E-state index contributed by atoms with van der Waals surface area (Å²) in [5.41, 5.74) is 10.1. The van der Waals surface area contributed by atoms with E-state index in [2.05, 4.69) is 12.1 Å². The van der Waals surface area contributed by atoms with Crippen LogP contribution in [-0.2, 0) is 0 Å². The quantitative estimate of drug-likeness (QED) is 0.529. The molecule has 8 bridgehead atoms. The van der Waals surface area contributed by atoms with Crippen LogP contribution in [0.4, 0.5) is 0 Å². The van der Waals surface area contributed by atoms with Gasteiger partial charge in [-0.05, 0) is 84.0 Å². The second-order valence-electron chi connectivity index (χ2n) is 9.31. The third-order valence-corrected chi connectivity index (χ3v) is 6.75. The second kappa shape index (κ2) is 9.11. The van der Waals surface area contributed by atoms with Crippen LogP contribution < -0.4 is 0 Å². The van der Waals surface area contributed by atoms with E-state index in [1.165, 1.54) is 0 Å². The number of benzene rings is 2. The molecule has 184 valence electrons. The summed E-state index contributed by atoms with van der Waals surface area (Å²) in [7, 11) is 0. The summed E-state index contributed by atoms with van der Waals surface area (Å²) in [6, 6.07) is 16.9. The second-order valence-corrected chi connectivity index (χ2v) is 9.31. The summed E-state index contributed by atoms with van der Waals surface area (Å²) in [6.07, 6.45) is 19.7. The first-order valence-corrected chi connectivity index (χ1v) is 12.5. The third kappa shape index (κ3) is 4.24. The Labute approximate surface area is 224 Å². The summed E-state index contributed by atoms with van der Waals surface area (Å²) in [5, 5.41) is 9.41. The van der Waals surface area contributed by atoms with Gasteiger partial charge in [0, 0.05) is 11.1 Å². The van der Waals surface area contributed by atoms with Crippen LogP contribution in [0.15, 0.2) is 158 Å². The molecule has 5 aliphatic heterocycles. The topological polar surface area (TPSA) is 86.7 Å². The van der Waals surface area contributed by atoms with Crippen molar-refractivity contribution in [1.82, 2.24) is 0 Å². The van der Waals surface area contributed by atoms with Crippen molar-refractivity contribution in [2.75, 3.05) is 0 Å². The van der Waals surface area contributed by atoms with Gasteiger partial charge in [-0.15, -0.1) is 0 Å². The Morgan fingerprint density at radius 3 is 1.87 bits per heavy atom. The minimum Gasteiger partial charge on any atom is -0.478 e. The minimum atomic E-state index is -0.968. The standard InChI is InChI=1S/C33H20N4O2/c38-33(39)22-8-6-21(7-9-22)32-28-15-13-26(36-28)19-24-11-10-23(34-24)18-25-12-14-27(35-25)31(20-4-2-1-3-5-20)29-16-17-30(32)37-29/h1-19H,(H,38,39). The molecule has 7 rings (SSSR count). The molecule has 0 aromatic heterocycles. The van der Waals surface area contributed by atoms with E-state index in [9.17, 15) is 9.90 Å². The average Bonchev–Trinajstić information content (AvgIpc) is 3.76. The van der Waals surface area contributed by atoms with Gasteiger partial charge in [0.2, 0.25) is 0 Å². The monoisotopic (exact) mass is 504 g/mol. The molecule has 2 aromatic rings. The Balaban J connectivity index is 1.48. The van der Waals surface area contributed by atoms with Gasteiger partial charge in [0.25, 0.3) is 0 Å². The van der Waals surface area contributed by atoms with Crippen LogP contribution in [0, 0.1) is 0 Å². The molecule has 0 saturated heterocycles. The normalized spacial score (nSPS) is 18.8. The number of rotatable bonds is 3. The molecule has 0 fully saturated rings. The Bertz CT molecular complexity index is 1830. The van der Waals surface area contributed by atoms with E-state index in [1.807, 2.05) is 79.0 Å². The first kappa shape index (κ1) is 22.7. The molecule has 0 spiro atoms. The van der Waals surface area contributed by atoms with Gasteiger partial charge in [-0.2, -0.15) is 0 Å². The van der Waals surface area contributed by atoms with Gasteiger partial charge in [0.1, 0.15) is 0 Å². The zero-order chi connectivity index (χ0) is 26.3. The van der Waals surface area contributed by atoms with E-state index in [-0.39, 0.29) is 5.56 Å². The van der Waals surface area contributed by atoms with Gasteiger partial charge >= 0.3 is 5.97 Å². The van der Waals surface area contributed by atoms with Crippen LogP contribution in [0.1, 0.15) is 21.5 Å². The molecule has 0 aliphatic carbocycles. The van der Waals surface area contributed by atoms with Crippen LogP contribution >= 0.6 is 0 Å². The lowest BCUT2D eigenvalue weighted by Gasteiger charge is -2.11. The zero-order valence-electron chi connectivity index (χ0n) is 20.6. The molecule has 0 radical (unpaired) electrons. The van der Waals surface area contributed by atoms with Crippen molar-refractivity contribution in [2.24, 2.45) is 20.0 Å². The molecule has 5 aliphatic rings. The lowest BCUT2D eigenvalue weighted by Crippen LogP contribution is -2.02. The molecule has 0 atom stereocenters. The fraction of sp³-hybridized carbons (Fsp3) is 0. The fourth-order valence-electron chi connectivity index (χ4n) is 4.93. The van der Waals surface area contributed by atoms with Crippen LogP contribution in [0.3, 0.4) is 0 Å². The van der Waals surface area contributed by atoms with Gasteiger partial charge < -0.3 is 5.11 Å². The largest absolute Gasteiger partial charge is 0.478 e. The Morgan fingerprint density at radius 2 is 1.10 bits per heavy atom. The van der Waals surface area contributed by atoms with Crippen molar-refractivity contribution < 1.29 is 9.90 Å². The summed E-state index contributed by atoms with van der Waals surface area (Å²) < 4.78 is 0. The Morgan fingerprint density at radius 1 is 0.538 bits per heavy atom. The SMILES string of the molecule is O=C(O)c1ccc(C2=C3C=CC(=N3)C(c3ccccc3)=C3C=CC(=N3)C=C3C=CC(=N3)C=C3C=CC2=N3)cc1. The highest BCUT2D eigenvalue weighted by molar-refractivity contribution is 6.36. The number of nitrogens with zero attached hydrogens (tertiary/aromatic N) is 4. The number of carboxylic acids is 1. The summed E-state index contributed by atoms with van der Waals surface area (Å²) in [4.78, 5) is 31.1. The maximum Gasteiger partial charge on any atom is 0.335 e. The molecule has 2 aromatic carbocycles. The van der Waals surface area contributed by atoms with E-state index < -0.39 is 5.97 Å². The molecule has 0 unspecified atom stereocenters. The molecule has 0 amide bonds. The number of hydrogen-bond donors (Lipinski definition) is 1. The first-order chi connectivity index (χ1) is 19.1. The van der Waals surface area contributed by atoms with Gasteiger partial charge in [-0.3, -0.25) is 0 Å². The molecule has 1 N–H and O–H groups in total. The number of fused-ring (bicyclic) bond motifs is 4. The smallest absolute Gasteiger partial charge is 0.335 e. The third-order valence-electron chi connectivity index (χ3n) is 6.75. The highest BCUT2D eigenvalue weighted by Crippen LogP contribution is 2.34. The van der Waals surface area contributed by atoms with Crippen molar-refractivity contribution in [3.05, 3.63) is 155 Å². The van der Waals surface area contributed by atoms with Crippen LogP contribution in [0.25, 0.3) is 11.1 Å². The van der Waals surface area contributed by atoms with Crippen molar-refractivity contribution in [3.63, 3.8) is 0 Å². The molecule has 6 nitrogen and oxygen atoms in total. The summed E-state index contributed by atoms with van der Waals surface area (Å²) in [5.74, 6) is -0.968. The number of aromatic carboxylic acids is 1. The van der Waals surface area contributed by atoms with Gasteiger partial charge in [0.05, 0.1) is 51.2 Å². The molecule has 6 heteroatoms. The number of carboxylic acid groups (broad SMARTS) is 1. The van der Waals surface area contributed by atoms with Crippen LogP contribution in [-0.4, -0.2) is 33.9 Å².